The summed E-state index contributed by atoms with van der Waals surface area (Å²) < 4.78 is 6.85. The number of fused-ring (bicyclic) bond motifs is 18. The highest BCUT2D eigenvalue weighted by Gasteiger charge is 2.41. The molecule has 0 radical (unpaired) electrons. The maximum atomic E-state index is 7.46. The Bertz CT molecular complexity index is 5420. The summed E-state index contributed by atoms with van der Waals surface area (Å²) in [5.41, 5.74) is 19.5. The monoisotopic (exact) mass is 1120 g/mol. The Morgan fingerprint density at radius 3 is 1.80 bits per heavy atom. The predicted molar refractivity (Wildman–Crippen MR) is 351 cm³/mol. The lowest BCUT2D eigenvalue weighted by molar-refractivity contribution is 0.583. The van der Waals surface area contributed by atoms with Gasteiger partial charge in [0.25, 0.3) is 0 Å². The van der Waals surface area contributed by atoms with Crippen molar-refractivity contribution in [3.05, 3.63) is 282 Å². The van der Waals surface area contributed by atoms with Crippen molar-refractivity contribution in [2.24, 2.45) is 0 Å². The molecule has 16 aromatic rings. The Morgan fingerprint density at radius 2 is 0.988 bits per heavy atom. The SMILES string of the molecule is CC1(Cc2ccc(Nc3cnc4c5cc(-c6cccc7c6c6ccccc6n7-c6ccccc6)ccc5c5ccccc5n34)c(Cl)c2)c2ccccc2-c2c(-c3cccc4c3c3ccccc3c3ncc(Nc5ccccc5Cl)n43)cccc21. The van der Waals surface area contributed by atoms with Gasteiger partial charge in [0.2, 0.25) is 0 Å². The lowest BCUT2D eigenvalue weighted by Crippen LogP contribution is -2.24. The van der Waals surface area contributed by atoms with Gasteiger partial charge in [-0.3, -0.25) is 8.80 Å². The zero-order chi connectivity index (χ0) is 55.8. The molecule has 0 fully saturated rings. The van der Waals surface area contributed by atoms with Gasteiger partial charge in [0.1, 0.15) is 22.9 Å². The molecule has 5 aromatic heterocycles. The van der Waals surface area contributed by atoms with Crippen LogP contribution >= 0.6 is 23.2 Å². The largest absolute Gasteiger partial charge is 0.339 e. The first-order valence-electron chi connectivity index (χ1n) is 28.4. The molecule has 0 amide bonds. The third kappa shape index (κ3) is 7.19. The Kier molecular flexibility index (Phi) is 10.8. The minimum atomic E-state index is -0.374. The summed E-state index contributed by atoms with van der Waals surface area (Å²) in [5.74, 6) is 1.67. The van der Waals surface area contributed by atoms with E-state index in [0.717, 1.165) is 106 Å². The molecule has 1 unspecified atom stereocenters. The van der Waals surface area contributed by atoms with Crippen molar-refractivity contribution in [3.63, 3.8) is 0 Å². The van der Waals surface area contributed by atoms with E-state index < -0.39 is 0 Å². The van der Waals surface area contributed by atoms with Crippen LogP contribution in [0.3, 0.4) is 0 Å². The van der Waals surface area contributed by atoms with Crippen LogP contribution in [0.15, 0.2) is 255 Å². The lowest BCUT2D eigenvalue weighted by atomic mass is 9.75. The molecular weight excluding hydrogens is 1070 g/mol. The summed E-state index contributed by atoms with van der Waals surface area (Å²) in [4.78, 5) is 10.2. The number of rotatable bonds is 9. The van der Waals surface area contributed by atoms with E-state index in [1.165, 1.54) is 55.2 Å². The second-order valence-corrected chi connectivity index (χ2v) is 23.2. The van der Waals surface area contributed by atoms with Gasteiger partial charge in [-0.05, 0) is 134 Å². The van der Waals surface area contributed by atoms with Crippen molar-refractivity contribution in [2.75, 3.05) is 10.6 Å². The molecule has 17 rings (SSSR count). The lowest BCUT2D eigenvalue weighted by Gasteiger charge is -2.28. The molecule has 0 spiro atoms. The van der Waals surface area contributed by atoms with E-state index in [4.69, 9.17) is 33.2 Å². The number of pyridine rings is 2. The van der Waals surface area contributed by atoms with Crippen LogP contribution in [0.1, 0.15) is 23.6 Å². The number of aromatic nitrogens is 5. The molecule has 0 bridgehead atoms. The van der Waals surface area contributed by atoms with E-state index in [1.807, 2.05) is 36.7 Å². The molecule has 5 heterocycles. The molecule has 0 saturated carbocycles. The maximum absolute atomic E-state index is 7.46. The Hall–Kier alpha value is -10.2. The highest BCUT2D eigenvalue weighted by Crippen LogP contribution is 2.55. The maximum Gasteiger partial charge on any atom is 0.146 e. The molecule has 84 heavy (non-hydrogen) atoms. The van der Waals surface area contributed by atoms with Gasteiger partial charge in [-0.1, -0.05) is 206 Å². The average Bonchev–Trinajstić information content (AvgIpc) is 1.69. The summed E-state index contributed by atoms with van der Waals surface area (Å²) in [5, 5.41) is 17.8. The van der Waals surface area contributed by atoms with E-state index in [2.05, 4.69) is 249 Å². The Morgan fingerprint density at radius 1 is 0.405 bits per heavy atom. The summed E-state index contributed by atoms with van der Waals surface area (Å²) in [6.07, 6.45) is 4.58. The molecule has 11 aromatic carbocycles. The smallest absolute Gasteiger partial charge is 0.146 e. The Labute approximate surface area is 493 Å². The summed E-state index contributed by atoms with van der Waals surface area (Å²) in [6.45, 7) is 2.39. The third-order valence-corrected chi connectivity index (χ3v) is 18.3. The van der Waals surface area contributed by atoms with Gasteiger partial charge in [0.05, 0.1) is 55.9 Å². The number of hydrogen-bond acceptors (Lipinski definition) is 4. The number of hydrogen-bond donors (Lipinski definition) is 2. The quantitative estimate of drug-likeness (QED) is 0.141. The van der Waals surface area contributed by atoms with Crippen LogP contribution < -0.4 is 10.6 Å². The van der Waals surface area contributed by atoms with Crippen LogP contribution in [-0.4, -0.2) is 23.3 Å². The van der Waals surface area contributed by atoms with Gasteiger partial charge in [0, 0.05) is 43.4 Å². The molecular formula is C75H49Cl2N7. The molecule has 9 heteroatoms. The molecule has 0 aliphatic heterocycles. The molecule has 1 atom stereocenters. The molecule has 7 nitrogen and oxygen atoms in total. The van der Waals surface area contributed by atoms with Crippen molar-refractivity contribution in [1.29, 1.82) is 0 Å². The first-order chi connectivity index (χ1) is 41.4. The van der Waals surface area contributed by atoms with Crippen molar-refractivity contribution in [3.8, 4) is 39.1 Å². The number of benzene rings is 11. The van der Waals surface area contributed by atoms with Gasteiger partial charge in [-0.2, -0.15) is 0 Å². The van der Waals surface area contributed by atoms with Gasteiger partial charge in [0.15, 0.2) is 0 Å². The molecule has 1 aliphatic rings. The van der Waals surface area contributed by atoms with Crippen molar-refractivity contribution in [2.45, 2.75) is 18.8 Å². The molecule has 0 saturated heterocycles. The van der Waals surface area contributed by atoms with Crippen LogP contribution in [0.5, 0.6) is 0 Å². The van der Waals surface area contributed by atoms with Crippen LogP contribution in [0.25, 0.3) is 116 Å². The highest BCUT2D eigenvalue weighted by atomic mass is 35.5. The number of nitrogens with one attached hydrogen (secondary N) is 2. The third-order valence-electron chi connectivity index (χ3n) is 17.7. The summed E-state index contributed by atoms with van der Waals surface area (Å²) in [7, 11) is 0. The van der Waals surface area contributed by atoms with Gasteiger partial charge >= 0.3 is 0 Å². The first kappa shape index (κ1) is 48.5. The van der Waals surface area contributed by atoms with E-state index in [9.17, 15) is 0 Å². The molecule has 398 valence electrons. The van der Waals surface area contributed by atoms with E-state index >= 15 is 0 Å². The van der Waals surface area contributed by atoms with Crippen LogP contribution in [0, 0.1) is 0 Å². The average molecular weight is 1120 g/mol. The zero-order valence-corrected chi connectivity index (χ0v) is 47.0. The number of imidazole rings is 2. The molecule has 1 aliphatic carbocycles. The summed E-state index contributed by atoms with van der Waals surface area (Å²) in [6, 6.07) is 86.8. The van der Waals surface area contributed by atoms with Gasteiger partial charge in [-0.15, -0.1) is 0 Å². The number of para-hydroxylation sites is 4. The normalized spacial score (nSPS) is 14.0. The van der Waals surface area contributed by atoms with Crippen LogP contribution in [-0.2, 0) is 11.8 Å². The fourth-order valence-electron chi connectivity index (χ4n) is 14.1. The van der Waals surface area contributed by atoms with Crippen LogP contribution in [0.2, 0.25) is 10.0 Å². The van der Waals surface area contributed by atoms with Crippen molar-refractivity contribution >= 4 is 123 Å². The Balaban J connectivity index is 0.742. The predicted octanol–water partition coefficient (Wildman–Crippen LogP) is 20.3. The minimum Gasteiger partial charge on any atom is -0.339 e. The highest BCUT2D eigenvalue weighted by molar-refractivity contribution is 6.34. The molecule has 2 N–H and O–H groups in total. The van der Waals surface area contributed by atoms with Gasteiger partial charge < -0.3 is 15.2 Å². The zero-order valence-electron chi connectivity index (χ0n) is 45.4. The topological polar surface area (TPSA) is 63.6 Å². The van der Waals surface area contributed by atoms with E-state index in [1.54, 1.807) is 0 Å². The van der Waals surface area contributed by atoms with E-state index in [-0.39, 0.29) is 5.41 Å². The van der Waals surface area contributed by atoms with Gasteiger partial charge in [-0.25, -0.2) is 9.97 Å². The fourth-order valence-corrected chi connectivity index (χ4v) is 14.5. The first-order valence-corrected chi connectivity index (χ1v) is 29.1. The second kappa shape index (κ2) is 18.7. The van der Waals surface area contributed by atoms with Crippen molar-refractivity contribution < 1.29 is 0 Å². The minimum absolute atomic E-state index is 0.374. The van der Waals surface area contributed by atoms with E-state index in [0.29, 0.717) is 10.0 Å². The second-order valence-electron chi connectivity index (χ2n) is 22.3. The fraction of sp³-hybridized carbons (Fsp3) is 0.0400. The number of anilines is 4. The number of halogens is 2. The number of nitrogens with zero attached hydrogens (tertiary/aromatic N) is 5. The summed E-state index contributed by atoms with van der Waals surface area (Å²) >= 11 is 14.2. The van der Waals surface area contributed by atoms with Crippen molar-refractivity contribution in [1.82, 2.24) is 23.3 Å². The van der Waals surface area contributed by atoms with Crippen LogP contribution in [0.4, 0.5) is 23.0 Å². The standard InChI is InChI=1S/C75H49Cl2N7/c1-75(58-28-10-7-23-55(58)70-51(26-15-29-59(70)75)52-27-17-35-67-72(52)53-21-5-6-22-54(53)73-78-44-69(84(67)73)80-62-31-12-11-30-60(62)76)42-45-36-39-63(61(77)40-45)81-68-43-79-74-57-41-46(37-38-49(57)50-20-8-13-32-64(50)83(68)74)48-25-16-34-66-71(48)56-24-9-14-33-65(56)82(66)47-18-3-2-4-19-47/h2-41,43-44,80-81H,42H2,1H3.